The van der Waals surface area contributed by atoms with Gasteiger partial charge in [0.05, 0.1) is 17.2 Å². The van der Waals surface area contributed by atoms with Gasteiger partial charge in [0.1, 0.15) is 22.8 Å². The fraction of sp³-hybridized carbons (Fsp3) is 0.552. The Labute approximate surface area is 239 Å². The van der Waals surface area contributed by atoms with Crippen molar-refractivity contribution in [3.63, 3.8) is 0 Å². The summed E-state index contributed by atoms with van der Waals surface area (Å²) < 4.78 is 44.5. The van der Waals surface area contributed by atoms with Crippen LogP contribution >= 0.6 is 0 Å². The van der Waals surface area contributed by atoms with Gasteiger partial charge in [-0.05, 0) is 82.4 Å². The van der Waals surface area contributed by atoms with Crippen LogP contribution in [0.4, 0.5) is 13.2 Å². The van der Waals surface area contributed by atoms with Crippen LogP contribution < -0.4 is 5.73 Å². The van der Waals surface area contributed by atoms with E-state index in [0.29, 0.717) is 25.9 Å². The number of primary amides is 1. The molecule has 13 heteroatoms. The number of nitrogens with two attached hydrogens (primary N) is 1. The van der Waals surface area contributed by atoms with Crippen molar-refractivity contribution in [2.45, 2.75) is 62.9 Å². The lowest BCUT2D eigenvalue weighted by Gasteiger charge is -2.50. The number of hydrogen-bond donors (Lipinski definition) is 5. The van der Waals surface area contributed by atoms with Gasteiger partial charge in [0, 0.05) is 17.5 Å². The van der Waals surface area contributed by atoms with E-state index in [1.165, 1.54) is 19.0 Å². The number of likely N-dealkylation sites (N-methyl/N-ethyl adjacent to an activating group) is 1. The summed E-state index contributed by atoms with van der Waals surface area (Å²) in [6, 6.07) is -0.941. The zero-order valence-corrected chi connectivity index (χ0v) is 23.5. The maximum atomic E-state index is 14.8. The minimum atomic E-state index is -4.87. The molecule has 42 heavy (non-hydrogen) atoms. The average molecular weight is 594 g/mol. The highest BCUT2D eigenvalue weighted by atomic mass is 19.4. The van der Waals surface area contributed by atoms with Crippen molar-refractivity contribution in [1.82, 2.24) is 9.80 Å². The Morgan fingerprint density at radius 3 is 2.45 bits per heavy atom. The van der Waals surface area contributed by atoms with E-state index in [2.05, 4.69) is 0 Å². The van der Waals surface area contributed by atoms with E-state index in [9.17, 15) is 48.0 Å². The third kappa shape index (κ3) is 4.15. The highest BCUT2D eigenvalue weighted by Gasteiger charge is 2.64. The molecule has 1 amide bonds. The number of halogens is 3. The van der Waals surface area contributed by atoms with E-state index >= 15 is 0 Å². The van der Waals surface area contributed by atoms with Crippen LogP contribution in [0.1, 0.15) is 60.9 Å². The maximum absolute atomic E-state index is 14.8. The number of ketones is 2. The second-order valence-corrected chi connectivity index (χ2v) is 11.9. The molecular weight excluding hydrogens is 559 g/mol. The smallest absolute Gasteiger partial charge is 0.417 e. The van der Waals surface area contributed by atoms with Gasteiger partial charge in [-0.15, -0.1) is 0 Å². The molecule has 1 aromatic rings. The molecule has 5 rings (SSSR count). The third-order valence-electron chi connectivity index (χ3n) is 9.27. The first-order valence-corrected chi connectivity index (χ1v) is 13.9. The summed E-state index contributed by atoms with van der Waals surface area (Å²) >= 11 is 0. The molecule has 0 radical (unpaired) electrons. The number of likely N-dealkylation sites (tertiary alicyclic amines) is 1. The van der Waals surface area contributed by atoms with Crippen molar-refractivity contribution >= 4 is 23.2 Å². The lowest BCUT2D eigenvalue weighted by Crippen LogP contribution is -2.65. The van der Waals surface area contributed by atoms with Crippen molar-refractivity contribution in [3.8, 4) is 5.75 Å². The maximum Gasteiger partial charge on any atom is 0.417 e. The SMILES string of the molecule is CCCN1CCCC1c1cc(O)c2c(c1C(F)(F)F)C[C@H]1C[C@H]3[C@H](N(C)C)C(=O)C(C(N)=O)=C(O)[C@@]3(O)C(=O)C1=C2O. The van der Waals surface area contributed by atoms with Crippen LogP contribution in [0.2, 0.25) is 0 Å². The molecule has 1 aromatic carbocycles. The Bertz CT molecular complexity index is 1450. The highest BCUT2D eigenvalue weighted by molar-refractivity contribution is 6.24. The van der Waals surface area contributed by atoms with Crippen molar-refractivity contribution in [1.29, 1.82) is 0 Å². The van der Waals surface area contributed by atoms with Gasteiger partial charge in [-0.3, -0.25) is 24.2 Å². The van der Waals surface area contributed by atoms with Crippen molar-refractivity contribution in [3.05, 3.63) is 45.2 Å². The molecule has 6 N–H and O–H groups in total. The second kappa shape index (κ2) is 10.1. The first kappa shape index (κ1) is 30.1. The Kier molecular flexibility index (Phi) is 7.22. The fourth-order valence-electron chi connectivity index (χ4n) is 7.68. The summed E-state index contributed by atoms with van der Waals surface area (Å²) in [5.41, 5.74) is -1.03. The Hall–Kier alpha value is -3.42. The number of nitrogens with zero attached hydrogens (tertiary/aromatic N) is 2. The van der Waals surface area contributed by atoms with Crippen LogP contribution in [0.15, 0.2) is 23.0 Å². The zero-order chi connectivity index (χ0) is 31.0. The van der Waals surface area contributed by atoms with Crippen LogP contribution in [0.5, 0.6) is 5.75 Å². The van der Waals surface area contributed by atoms with Crippen LogP contribution in [0, 0.1) is 11.8 Å². The molecule has 1 heterocycles. The van der Waals surface area contributed by atoms with E-state index in [1.54, 1.807) is 0 Å². The van der Waals surface area contributed by atoms with Crippen molar-refractivity contribution in [2.75, 3.05) is 27.2 Å². The van der Waals surface area contributed by atoms with Crippen LogP contribution in [-0.2, 0) is 27.0 Å². The van der Waals surface area contributed by atoms with Crippen LogP contribution in [-0.4, -0.2) is 86.5 Å². The molecule has 1 unspecified atom stereocenters. The topological polar surface area (TPSA) is 165 Å². The Balaban J connectivity index is 1.74. The number of amides is 1. The molecule has 3 aliphatic carbocycles. The number of carbonyl (C=O) groups is 3. The van der Waals surface area contributed by atoms with E-state index in [0.717, 1.165) is 12.5 Å². The minimum absolute atomic E-state index is 0.106. The summed E-state index contributed by atoms with van der Waals surface area (Å²) in [5.74, 6) is -8.91. The molecule has 4 aliphatic rings. The number of benzene rings is 1. The Morgan fingerprint density at radius 2 is 1.88 bits per heavy atom. The predicted molar refractivity (Wildman–Crippen MR) is 143 cm³/mol. The molecule has 10 nitrogen and oxygen atoms in total. The summed E-state index contributed by atoms with van der Waals surface area (Å²) in [6.45, 7) is 3.09. The number of rotatable bonds is 5. The van der Waals surface area contributed by atoms with Crippen LogP contribution in [0.25, 0.3) is 5.76 Å². The number of phenolic OH excluding ortho intramolecular Hbond substituents is 1. The third-order valence-corrected chi connectivity index (χ3v) is 9.27. The number of fused-ring (bicyclic) bond motifs is 3. The zero-order valence-electron chi connectivity index (χ0n) is 23.5. The largest absolute Gasteiger partial charge is 0.508 e. The highest BCUT2D eigenvalue weighted by Crippen LogP contribution is 2.55. The second-order valence-electron chi connectivity index (χ2n) is 11.9. The first-order chi connectivity index (χ1) is 19.6. The molecule has 0 aromatic heterocycles. The molecule has 1 saturated heterocycles. The molecular formula is C29H34F3N3O7. The molecule has 0 bridgehead atoms. The monoisotopic (exact) mass is 593 g/mol. The van der Waals surface area contributed by atoms with Gasteiger partial charge >= 0.3 is 6.18 Å². The number of aromatic hydroxyl groups is 1. The molecule has 0 spiro atoms. The number of alkyl halides is 3. The number of phenols is 1. The molecule has 1 saturated carbocycles. The molecule has 5 atom stereocenters. The minimum Gasteiger partial charge on any atom is -0.508 e. The standard InChI is InChI=1S/C29H34F3N3O7/c1-4-7-35-8-5-6-16(35)13-11-17(36)19-14(21(13)29(30,31)32)9-12-10-15-22(34(2)3)24(38)20(27(33)41)26(40)28(15,42)25(39)18(12)23(19)37/h11-12,15-16,22,36-37,40,42H,4-10H2,1-3H3,(H2,33,41)/t12-,15-,16?,22-,28-/m0/s1. The van der Waals surface area contributed by atoms with Gasteiger partial charge in [-0.25, -0.2) is 0 Å². The fourth-order valence-corrected chi connectivity index (χ4v) is 7.68. The molecule has 1 aliphatic heterocycles. The summed E-state index contributed by atoms with van der Waals surface area (Å²) in [7, 11) is 2.90. The first-order valence-electron chi connectivity index (χ1n) is 13.9. The molecule has 228 valence electrons. The predicted octanol–water partition coefficient (Wildman–Crippen LogP) is 2.53. The number of carbonyl (C=O) groups excluding carboxylic acids is 3. The Morgan fingerprint density at radius 1 is 1.21 bits per heavy atom. The van der Waals surface area contributed by atoms with Gasteiger partial charge in [0.2, 0.25) is 5.78 Å². The summed E-state index contributed by atoms with van der Waals surface area (Å²) in [4.78, 5) is 42.5. The van der Waals surface area contributed by atoms with Gasteiger partial charge in [-0.2, -0.15) is 13.2 Å². The van der Waals surface area contributed by atoms with E-state index in [4.69, 9.17) is 5.73 Å². The lowest BCUT2D eigenvalue weighted by atomic mass is 9.57. The van der Waals surface area contributed by atoms with Gasteiger partial charge < -0.3 is 26.2 Å². The summed E-state index contributed by atoms with van der Waals surface area (Å²) in [5, 5.41) is 44.9. The normalized spacial score (nSPS) is 30.1. The summed E-state index contributed by atoms with van der Waals surface area (Å²) in [6.07, 6.45) is -3.73. The molecule has 2 fully saturated rings. The van der Waals surface area contributed by atoms with Gasteiger partial charge in [-0.1, -0.05) is 6.92 Å². The quantitative estimate of drug-likeness (QED) is 0.323. The number of Topliss-reactive ketones (excluding diaryl/α,β-unsaturated/α-hetero) is 2. The van der Waals surface area contributed by atoms with E-state index in [-0.39, 0.29) is 17.5 Å². The van der Waals surface area contributed by atoms with E-state index in [1.807, 2.05) is 11.8 Å². The average Bonchev–Trinajstić information content (AvgIpc) is 3.33. The van der Waals surface area contributed by atoms with Gasteiger partial charge in [0.25, 0.3) is 5.91 Å². The van der Waals surface area contributed by atoms with Crippen LogP contribution in [0.3, 0.4) is 0 Å². The van der Waals surface area contributed by atoms with E-state index < -0.39 is 99.1 Å². The van der Waals surface area contributed by atoms with Crippen molar-refractivity contribution in [2.24, 2.45) is 17.6 Å². The van der Waals surface area contributed by atoms with Gasteiger partial charge in [0.15, 0.2) is 11.4 Å². The number of aliphatic hydroxyl groups excluding tert-OH is 2. The number of aliphatic hydroxyl groups is 3. The lowest BCUT2D eigenvalue weighted by molar-refractivity contribution is -0.153. The number of hydrogen-bond acceptors (Lipinski definition) is 9. The van der Waals surface area contributed by atoms with Crippen molar-refractivity contribution < 1.29 is 48.0 Å².